The van der Waals surface area contributed by atoms with Crippen LogP contribution in [0.1, 0.15) is 41.5 Å². The molecule has 0 aromatic carbocycles. The maximum absolute atomic E-state index is 4.58. The molecule has 76 valence electrons. The lowest BCUT2D eigenvalue weighted by atomic mass is 10.6. The third-order valence-electron chi connectivity index (χ3n) is 0.293. The zero-order valence-electron chi connectivity index (χ0n) is 9.42. The van der Waals surface area contributed by atoms with Crippen LogP contribution in [0.2, 0.25) is 0 Å². The van der Waals surface area contributed by atoms with E-state index in [4.69, 9.17) is 0 Å². The van der Waals surface area contributed by atoms with E-state index in [-0.39, 0.29) is 0 Å². The molecule has 0 aliphatic rings. The second-order valence-electron chi connectivity index (χ2n) is 0.700. The first-order valence-corrected chi connectivity index (χ1v) is 4.55. The van der Waals surface area contributed by atoms with E-state index in [9.17, 15) is 0 Å². The van der Waals surface area contributed by atoms with Crippen LogP contribution < -0.4 is 5.90 Å². The summed E-state index contributed by atoms with van der Waals surface area (Å²) in [7, 11) is 0. The lowest BCUT2D eigenvalue weighted by Gasteiger charge is -1.77. The molecule has 0 spiro atoms. The third-order valence-corrected chi connectivity index (χ3v) is 0.293. The zero-order valence-corrected chi connectivity index (χ0v) is 9.42. The van der Waals surface area contributed by atoms with Crippen LogP contribution in [0.4, 0.5) is 0 Å². The molecule has 0 saturated heterocycles. The van der Waals surface area contributed by atoms with Crippen LogP contribution in [-0.4, -0.2) is 0 Å². The number of allylic oxidation sites excluding steroid dienone is 2. The Bertz CT molecular complexity index is 60.9. The Balaban J connectivity index is -0.0000000453. The Morgan fingerprint density at radius 2 is 1.33 bits per heavy atom. The summed E-state index contributed by atoms with van der Waals surface area (Å²) in [5.74, 6) is 4.58. The number of hydrogen-bond acceptors (Lipinski definition) is 2. The highest BCUT2D eigenvalue weighted by Gasteiger charge is 1.52. The summed E-state index contributed by atoms with van der Waals surface area (Å²) >= 11 is 0. The Kier molecular flexibility index (Phi) is 156. The molecular formula is C10H25NO. The highest BCUT2D eigenvalue weighted by molar-refractivity contribution is 4.92. The third kappa shape index (κ3) is 125. The lowest BCUT2D eigenvalue weighted by molar-refractivity contribution is 0.261. The van der Waals surface area contributed by atoms with E-state index in [0.29, 0.717) is 0 Å². The summed E-state index contributed by atoms with van der Waals surface area (Å²) in [6, 6.07) is 0. The molecule has 0 amide bonds. The largest absolute Gasteiger partial charge is 0.419 e. The highest BCUT2D eigenvalue weighted by atomic mass is 16.6. The molecule has 12 heavy (non-hydrogen) atoms. The molecule has 0 atom stereocenters. The monoisotopic (exact) mass is 175 g/mol. The van der Waals surface area contributed by atoms with E-state index >= 15 is 0 Å². The first kappa shape index (κ1) is 22.5. The minimum absolute atomic E-state index is 1.34. The minimum Gasteiger partial charge on any atom is -0.419 e. The van der Waals surface area contributed by atoms with Crippen molar-refractivity contribution in [2.24, 2.45) is 5.90 Å². The molecule has 0 unspecified atom stereocenters. The van der Waals surface area contributed by atoms with Crippen LogP contribution in [-0.2, 0) is 4.84 Å². The number of hydrogen-bond donors (Lipinski definition) is 1. The average molecular weight is 175 g/mol. The first-order valence-electron chi connectivity index (χ1n) is 4.55. The fourth-order valence-electron chi connectivity index (χ4n) is 0.101. The Morgan fingerprint density at radius 1 is 1.00 bits per heavy atom. The van der Waals surface area contributed by atoms with E-state index in [1.165, 1.54) is 6.26 Å². The maximum Gasteiger partial charge on any atom is 0.110 e. The zero-order chi connectivity index (χ0) is 10.8. The molecule has 2 heteroatoms. The number of nitrogens with two attached hydrogens (primary N) is 1. The van der Waals surface area contributed by atoms with Gasteiger partial charge in [-0.15, -0.1) is 0 Å². The number of rotatable bonds is 2. The van der Waals surface area contributed by atoms with Crippen molar-refractivity contribution in [2.75, 3.05) is 0 Å². The van der Waals surface area contributed by atoms with E-state index in [1.807, 2.05) is 41.5 Å². The predicted octanol–water partition coefficient (Wildman–Crippen LogP) is 3.66. The fourth-order valence-corrected chi connectivity index (χ4v) is 0.101. The summed E-state index contributed by atoms with van der Waals surface area (Å²) in [5.41, 5.74) is 0. The molecule has 0 fully saturated rings. The molecule has 0 heterocycles. The van der Waals surface area contributed by atoms with Crippen LogP contribution in [0.15, 0.2) is 25.0 Å². The molecule has 0 aliphatic heterocycles. The van der Waals surface area contributed by atoms with Crippen LogP contribution in [0, 0.1) is 0 Å². The van der Waals surface area contributed by atoms with Crippen LogP contribution >= 0.6 is 0 Å². The van der Waals surface area contributed by atoms with Gasteiger partial charge in [-0.25, -0.2) is 0 Å². The molecule has 0 saturated carbocycles. The van der Waals surface area contributed by atoms with Gasteiger partial charge in [0, 0.05) is 0 Å². The summed E-state index contributed by atoms with van der Waals surface area (Å²) in [6.07, 6.45) is 4.51. The molecule has 0 rings (SSSR count). The average Bonchev–Trinajstić information content (AvgIpc) is 2.24. The van der Waals surface area contributed by atoms with Crippen molar-refractivity contribution in [3.8, 4) is 0 Å². The van der Waals surface area contributed by atoms with E-state index in [2.05, 4.69) is 17.3 Å². The summed E-state index contributed by atoms with van der Waals surface area (Å²) in [5, 5.41) is 0. The summed E-state index contributed by atoms with van der Waals surface area (Å²) in [6.45, 7) is 15.4. The van der Waals surface area contributed by atoms with Crippen molar-refractivity contribution < 1.29 is 4.84 Å². The van der Waals surface area contributed by atoms with E-state index < -0.39 is 0 Å². The van der Waals surface area contributed by atoms with E-state index in [1.54, 1.807) is 12.2 Å². The van der Waals surface area contributed by atoms with Gasteiger partial charge < -0.3 is 4.84 Å². The lowest BCUT2D eigenvalue weighted by Crippen LogP contribution is -1.86. The second-order valence-corrected chi connectivity index (χ2v) is 0.700. The van der Waals surface area contributed by atoms with Crippen molar-refractivity contribution in [3.63, 3.8) is 0 Å². The van der Waals surface area contributed by atoms with Gasteiger partial charge in [0.15, 0.2) is 0 Å². The standard InChI is InChI=1S/C4H7NO.3C2H6/c1-2-3-4-6-5;3*1-2/h2-4H,1,5H2;3*1-2H3/b4-3-;;;. The van der Waals surface area contributed by atoms with Gasteiger partial charge in [-0.2, -0.15) is 5.90 Å². The van der Waals surface area contributed by atoms with Gasteiger partial charge in [0.1, 0.15) is 6.26 Å². The molecule has 0 bridgehead atoms. The van der Waals surface area contributed by atoms with Crippen molar-refractivity contribution in [1.29, 1.82) is 0 Å². The molecule has 2 nitrogen and oxygen atoms in total. The highest BCUT2D eigenvalue weighted by Crippen LogP contribution is 1.66. The van der Waals surface area contributed by atoms with Gasteiger partial charge in [-0.3, -0.25) is 0 Å². The molecule has 0 aliphatic carbocycles. The van der Waals surface area contributed by atoms with Gasteiger partial charge in [0.05, 0.1) is 0 Å². The predicted molar refractivity (Wildman–Crippen MR) is 58.7 cm³/mol. The van der Waals surface area contributed by atoms with Crippen molar-refractivity contribution in [1.82, 2.24) is 0 Å². The molecule has 2 N–H and O–H groups in total. The van der Waals surface area contributed by atoms with Gasteiger partial charge in [0.2, 0.25) is 0 Å². The van der Waals surface area contributed by atoms with Crippen molar-refractivity contribution in [3.05, 3.63) is 25.0 Å². The summed E-state index contributed by atoms with van der Waals surface area (Å²) in [4.78, 5) is 4.03. The Hall–Kier alpha value is -0.760. The van der Waals surface area contributed by atoms with Gasteiger partial charge in [-0.05, 0) is 6.08 Å². The van der Waals surface area contributed by atoms with Gasteiger partial charge in [-0.1, -0.05) is 54.2 Å². The Labute approximate surface area is 78.1 Å². The van der Waals surface area contributed by atoms with Crippen LogP contribution in [0.5, 0.6) is 0 Å². The fraction of sp³-hybridized carbons (Fsp3) is 0.600. The smallest absolute Gasteiger partial charge is 0.110 e. The summed E-state index contributed by atoms with van der Waals surface area (Å²) < 4.78 is 0. The van der Waals surface area contributed by atoms with Gasteiger partial charge >= 0.3 is 0 Å². The SMILES string of the molecule is C=C/C=C\ON.CC.CC.CC. The molecule has 0 aromatic heterocycles. The van der Waals surface area contributed by atoms with Crippen molar-refractivity contribution >= 4 is 0 Å². The second kappa shape index (κ2) is 83.3. The van der Waals surface area contributed by atoms with Crippen molar-refractivity contribution in [2.45, 2.75) is 41.5 Å². The van der Waals surface area contributed by atoms with Crippen LogP contribution in [0.25, 0.3) is 0 Å². The quantitative estimate of drug-likeness (QED) is 0.395. The molecule has 0 aromatic rings. The minimum atomic E-state index is 1.34. The topological polar surface area (TPSA) is 35.2 Å². The van der Waals surface area contributed by atoms with E-state index in [0.717, 1.165) is 0 Å². The molecule has 0 radical (unpaired) electrons. The molecular weight excluding hydrogens is 150 g/mol. The van der Waals surface area contributed by atoms with Crippen LogP contribution in [0.3, 0.4) is 0 Å². The first-order chi connectivity index (χ1) is 5.91. The van der Waals surface area contributed by atoms with Gasteiger partial charge in [0.25, 0.3) is 0 Å². The maximum atomic E-state index is 4.58. The Morgan fingerprint density at radius 3 is 1.42 bits per heavy atom. The normalized spacial score (nSPS) is 5.92.